The molecule has 1 amide bonds. The third-order valence-corrected chi connectivity index (χ3v) is 7.34. The summed E-state index contributed by atoms with van der Waals surface area (Å²) in [7, 11) is -4.03. The number of nitrogens with zero attached hydrogens (tertiary/aromatic N) is 1. The van der Waals surface area contributed by atoms with Crippen LogP contribution in [0, 0.1) is 5.82 Å². The molecule has 2 aromatic rings. The van der Waals surface area contributed by atoms with Gasteiger partial charge in [0.1, 0.15) is 5.82 Å². The highest BCUT2D eigenvalue weighted by molar-refractivity contribution is 7.92. The minimum absolute atomic E-state index is 0.0125. The summed E-state index contributed by atoms with van der Waals surface area (Å²) in [6, 6.07) is 8.04. The van der Waals surface area contributed by atoms with Gasteiger partial charge in [0.25, 0.3) is 15.9 Å². The van der Waals surface area contributed by atoms with Crippen molar-refractivity contribution >= 4 is 38.9 Å². The maximum atomic E-state index is 13.5. The number of hydrogen-bond acceptors (Lipinski definition) is 6. The normalized spacial score (nSPS) is 18.8. The van der Waals surface area contributed by atoms with Gasteiger partial charge in [-0.3, -0.25) is 9.52 Å². The first-order valence-electron chi connectivity index (χ1n) is 10.8. The van der Waals surface area contributed by atoms with E-state index in [0.29, 0.717) is 18.7 Å². The smallest absolute Gasteiger partial charge is 0.261 e. The standard InChI is InChI=1S/C22H26ClFN4O4S/c23-19-13-17(4-5-20(19)24)33(30,31)27-15-3-6-21(28-9-7-25-8-10-28)18(12-15)22(29)26-14-16-2-1-11-32-16/h3-6,12-13,16,25,27H,1-2,7-11,14H2,(H,26,29). The van der Waals surface area contributed by atoms with Gasteiger partial charge in [0.15, 0.2) is 0 Å². The largest absolute Gasteiger partial charge is 0.376 e. The number of nitrogens with one attached hydrogen (secondary N) is 3. The Kier molecular flexibility index (Phi) is 7.38. The molecule has 0 saturated carbocycles. The molecule has 2 aliphatic rings. The van der Waals surface area contributed by atoms with Gasteiger partial charge in [-0.2, -0.15) is 0 Å². The van der Waals surface area contributed by atoms with Crippen LogP contribution in [0.15, 0.2) is 41.3 Å². The van der Waals surface area contributed by atoms with E-state index in [0.717, 1.165) is 62.9 Å². The summed E-state index contributed by atoms with van der Waals surface area (Å²) in [6.45, 7) is 4.12. The van der Waals surface area contributed by atoms with Gasteiger partial charge in [-0.1, -0.05) is 11.6 Å². The topological polar surface area (TPSA) is 99.8 Å². The summed E-state index contributed by atoms with van der Waals surface area (Å²) in [4.78, 5) is 15.0. The Balaban J connectivity index is 1.59. The second-order valence-corrected chi connectivity index (χ2v) is 10.1. The van der Waals surface area contributed by atoms with Crippen molar-refractivity contribution in [2.75, 3.05) is 49.0 Å². The molecule has 1 atom stereocenters. The maximum Gasteiger partial charge on any atom is 0.261 e. The van der Waals surface area contributed by atoms with E-state index < -0.39 is 15.8 Å². The van der Waals surface area contributed by atoms with Crippen LogP contribution >= 0.6 is 11.6 Å². The van der Waals surface area contributed by atoms with E-state index >= 15 is 0 Å². The molecule has 2 saturated heterocycles. The number of carbonyl (C=O) groups excluding carboxylic acids is 1. The van der Waals surface area contributed by atoms with Crippen molar-refractivity contribution in [3.8, 4) is 0 Å². The lowest BCUT2D eigenvalue weighted by Gasteiger charge is -2.31. The van der Waals surface area contributed by atoms with E-state index in [2.05, 4.69) is 20.3 Å². The highest BCUT2D eigenvalue weighted by Gasteiger charge is 2.23. The lowest BCUT2D eigenvalue weighted by Crippen LogP contribution is -2.44. The fraction of sp³-hybridized carbons (Fsp3) is 0.409. The third kappa shape index (κ3) is 5.75. The average Bonchev–Trinajstić information content (AvgIpc) is 3.33. The number of benzene rings is 2. The molecule has 8 nitrogen and oxygen atoms in total. The minimum Gasteiger partial charge on any atom is -0.376 e. The zero-order valence-electron chi connectivity index (χ0n) is 17.9. The molecular formula is C22H26ClFN4O4S. The number of halogens is 2. The van der Waals surface area contributed by atoms with Crippen LogP contribution in [0.2, 0.25) is 5.02 Å². The number of piperazine rings is 1. The monoisotopic (exact) mass is 496 g/mol. The maximum absolute atomic E-state index is 13.5. The zero-order valence-corrected chi connectivity index (χ0v) is 19.5. The fourth-order valence-electron chi connectivity index (χ4n) is 3.93. The van der Waals surface area contributed by atoms with Crippen LogP contribution in [0.3, 0.4) is 0 Å². The van der Waals surface area contributed by atoms with Crippen molar-refractivity contribution in [1.29, 1.82) is 0 Å². The van der Waals surface area contributed by atoms with E-state index in [1.165, 1.54) is 6.07 Å². The van der Waals surface area contributed by atoms with Crippen molar-refractivity contribution < 1.29 is 22.3 Å². The third-order valence-electron chi connectivity index (χ3n) is 5.67. The number of ether oxygens (including phenoxy) is 1. The van der Waals surface area contributed by atoms with Crippen LogP contribution < -0.4 is 20.3 Å². The van der Waals surface area contributed by atoms with Gasteiger partial charge in [-0.05, 0) is 49.2 Å². The van der Waals surface area contributed by atoms with Crippen molar-refractivity contribution in [3.05, 3.63) is 52.8 Å². The molecule has 1 unspecified atom stereocenters. The molecular weight excluding hydrogens is 471 g/mol. The van der Waals surface area contributed by atoms with Crippen molar-refractivity contribution in [2.45, 2.75) is 23.8 Å². The molecule has 11 heteroatoms. The average molecular weight is 497 g/mol. The van der Waals surface area contributed by atoms with E-state index in [1.807, 2.05) is 0 Å². The quantitative estimate of drug-likeness (QED) is 0.545. The lowest BCUT2D eigenvalue weighted by atomic mass is 10.1. The second kappa shape index (κ2) is 10.3. The van der Waals surface area contributed by atoms with E-state index in [1.54, 1.807) is 12.1 Å². The number of rotatable bonds is 7. The zero-order chi connectivity index (χ0) is 23.4. The van der Waals surface area contributed by atoms with Crippen LogP contribution in [0.5, 0.6) is 0 Å². The summed E-state index contributed by atoms with van der Waals surface area (Å²) in [5, 5.41) is 5.90. The Bertz CT molecular complexity index is 1120. The number of anilines is 2. The van der Waals surface area contributed by atoms with Gasteiger partial charge in [-0.15, -0.1) is 0 Å². The molecule has 0 radical (unpaired) electrons. The van der Waals surface area contributed by atoms with Crippen molar-refractivity contribution in [2.24, 2.45) is 0 Å². The van der Waals surface area contributed by atoms with Crippen LogP contribution in [0.4, 0.5) is 15.8 Å². The Morgan fingerprint density at radius 3 is 2.70 bits per heavy atom. The Morgan fingerprint density at radius 2 is 2.00 bits per heavy atom. The number of hydrogen-bond donors (Lipinski definition) is 3. The molecule has 3 N–H and O–H groups in total. The van der Waals surface area contributed by atoms with Crippen LogP contribution in [0.25, 0.3) is 0 Å². The van der Waals surface area contributed by atoms with Crippen LogP contribution in [-0.4, -0.2) is 59.8 Å². The van der Waals surface area contributed by atoms with Gasteiger partial charge in [-0.25, -0.2) is 12.8 Å². The number of carbonyl (C=O) groups is 1. The molecule has 4 rings (SSSR count). The lowest BCUT2D eigenvalue weighted by molar-refractivity contribution is 0.0858. The first-order chi connectivity index (χ1) is 15.8. The predicted molar refractivity (Wildman–Crippen MR) is 125 cm³/mol. The van der Waals surface area contributed by atoms with Crippen LogP contribution in [-0.2, 0) is 14.8 Å². The van der Waals surface area contributed by atoms with Gasteiger partial charge in [0.05, 0.1) is 21.6 Å². The molecule has 0 bridgehead atoms. The van der Waals surface area contributed by atoms with Crippen molar-refractivity contribution in [3.63, 3.8) is 0 Å². The molecule has 2 aliphatic heterocycles. The highest BCUT2D eigenvalue weighted by Crippen LogP contribution is 2.27. The Labute approximate surface area is 197 Å². The van der Waals surface area contributed by atoms with Gasteiger partial charge >= 0.3 is 0 Å². The SMILES string of the molecule is O=C(NCC1CCCO1)c1cc(NS(=O)(=O)c2ccc(F)c(Cl)c2)ccc1N1CCNCC1. The Hall–Kier alpha value is -2.40. The summed E-state index contributed by atoms with van der Waals surface area (Å²) < 4.78 is 47.1. The summed E-state index contributed by atoms with van der Waals surface area (Å²) in [5.41, 5.74) is 1.32. The molecule has 0 spiro atoms. The summed E-state index contributed by atoms with van der Waals surface area (Å²) in [6.07, 6.45) is 1.85. The summed E-state index contributed by atoms with van der Waals surface area (Å²) in [5.74, 6) is -1.01. The van der Waals surface area contributed by atoms with Crippen LogP contribution in [0.1, 0.15) is 23.2 Å². The molecule has 0 aliphatic carbocycles. The highest BCUT2D eigenvalue weighted by atomic mass is 35.5. The molecule has 2 aromatic carbocycles. The molecule has 2 heterocycles. The first-order valence-corrected chi connectivity index (χ1v) is 12.7. The minimum atomic E-state index is -4.03. The second-order valence-electron chi connectivity index (χ2n) is 8.00. The fourth-order valence-corrected chi connectivity index (χ4v) is 5.25. The number of sulfonamides is 1. The molecule has 33 heavy (non-hydrogen) atoms. The van der Waals surface area contributed by atoms with Crippen molar-refractivity contribution in [1.82, 2.24) is 10.6 Å². The first kappa shape index (κ1) is 23.7. The van der Waals surface area contributed by atoms with E-state index in [9.17, 15) is 17.6 Å². The van der Waals surface area contributed by atoms with Gasteiger partial charge < -0.3 is 20.3 Å². The van der Waals surface area contributed by atoms with E-state index in [-0.39, 0.29) is 27.6 Å². The number of amides is 1. The molecule has 2 fully saturated rings. The molecule has 178 valence electrons. The Morgan fingerprint density at radius 1 is 1.21 bits per heavy atom. The van der Waals surface area contributed by atoms with E-state index in [4.69, 9.17) is 16.3 Å². The van der Waals surface area contributed by atoms with Gasteiger partial charge in [0.2, 0.25) is 0 Å². The van der Waals surface area contributed by atoms with Gasteiger partial charge in [0, 0.05) is 50.7 Å². The summed E-state index contributed by atoms with van der Waals surface area (Å²) >= 11 is 5.74. The molecule has 0 aromatic heterocycles. The predicted octanol–water partition coefficient (Wildman–Crippen LogP) is 2.60.